The van der Waals surface area contributed by atoms with Gasteiger partial charge < -0.3 is 0 Å². The summed E-state index contributed by atoms with van der Waals surface area (Å²) in [5.74, 6) is -1.67. The van der Waals surface area contributed by atoms with Crippen molar-refractivity contribution >= 4 is 164 Å². The monoisotopic (exact) mass is 1040 g/mol. The number of halogens is 10. The molecule has 0 aliphatic carbocycles. The molecular weight excluding hydrogens is 1030 g/mol. The molecule has 0 fully saturated rings. The van der Waals surface area contributed by atoms with E-state index in [1.165, 1.54) is 0 Å². The van der Waals surface area contributed by atoms with Crippen molar-refractivity contribution in [3.05, 3.63) is 0 Å². The summed E-state index contributed by atoms with van der Waals surface area (Å²) in [5.41, 5.74) is 0. The number of hydrogen-bond donors (Lipinski definition) is 0. The van der Waals surface area contributed by atoms with Crippen LogP contribution in [-0.4, -0.2) is 14.3 Å². The van der Waals surface area contributed by atoms with Gasteiger partial charge in [0.15, 0.2) is 0 Å². The number of rotatable bonds is 4. The second kappa shape index (κ2) is 7.43. The Morgan fingerprint density at radius 3 is 1.47 bits per heavy atom. The highest BCUT2D eigenvalue weighted by Gasteiger charge is 2.58. The Labute approximate surface area is 192 Å². The Bertz CT molecular complexity index is 306. The van der Waals surface area contributed by atoms with Crippen LogP contribution in [0.1, 0.15) is 6.42 Å². The van der Waals surface area contributed by atoms with E-state index in [2.05, 4.69) is 113 Å². The highest BCUT2D eigenvalue weighted by Crippen LogP contribution is 2.65. The van der Waals surface area contributed by atoms with Gasteiger partial charge in [-0.25, -0.2) is 0 Å². The van der Waals surface area contributed by atoms with Crippen LogP contribution in [0.4, 0.5) is 13.2 Å². The van der Waals surface area contributed by atoms with E-state index in [1.807, 2.05) is 45.2 Å². The van der Waals surface area contributed by atoms with Gasteiger partial charge in [0.05, 0.1) is 0 Å². The summed E-state index contributed by atoms with van der Waals surface area (Å²) >= 11 is 14.6. The molecule has 0 unspecified atom stereocenters. The summed E-state index contributed by atoms with van der Waals surface area (Å²) in [5, 5.41) is 0. The Kier molecular flexibility index (Phi) is 9.42. The molecule has 102 valence electrons. The maximum absolute atomic E-state index is 12.3. The minimum atomic E-state index is -4.75. The van der Waals surface area contributed by atoms with E-state index in [0.717, 1.165) is 0 Å². The molecule has 0 aromatic heterocycles. The smallest absolute Gasteiger partial charge is 0.290 e. The predicted octanol–water partition coefficient (Wildman–Crippen LogP) is 6.60. The zero-order chi connectivity index (χ0) is 14.3. The molecule has 0 aromatic rings. The molecule has 0 heterocycles. The van der Waals surface area contributed by atoms with E-state index in [1.54, 1.807) is 0 Å². The summed E-state index contributed by atoms with van der Waals surface area (Å²) in [4.78, 5) is 11.1. The molecule has 0 aliphatic heterocycles. The number of Topliss-reactive ketones (excluding diaryl/α,β-unsaturated/α-hetero) is 1. The van der Waals surface area contributed by atoms with Crippen molar-refractivity contribution in [2.45, 2.75) is 14.9 Å². The van der Waals surface area contributed by atoms with Crippen LogP contribution >= 0.6 is 158 Å². The van der Waals surface area contributed by atoms with Crippen LogP contribution < -0.4 is 0 Å². The normalized spacial score (nSPS) is 14.9. The Balaban J connectivity index is 5.12. The number of ketones is 1. The zero-order valence-corrected chi connectivity index (χ0v) is 22.5. The molecule has 1 nitrogen and oxygen atoms in total. The van der Waals surface area contributed by atoms with Crippen LogP contribution in [0.3, 0.4) is 0 Å². The molecule has 17 heavy (non-hydrogen) atoms. The number of hydrogen-bond acceptors (Lipinski definition) is 1. The molecule has 0 rings (SSSR count). The summed E-state index contributed by atoms with van der Waals surface area (Å²) in [6.07, 6.45) is -5.28. The van der Waals surface area contributed by atoms with Gasteiger partial charge >= 0.3 is 6.18 Å². The van der Waals surface area contributed by atoms with Crippen LogP contribution in [0.15, 0.2) is 0 Å². The van der Waals surface area contributed by atoms with E-state index >= 15 is 0 Å². The third kappa shape index (κ3) is 6.29. The van der Waals surface area contributed by atoms with Gasteiger partial charge in [0.2, 0.25) is 5.78 Å². The third-order valence-electron chi connectivity index (χ3n) is 1.51. The molecule has 0 amide bonds. The van der Waals surface area contributed by atoms with Crippen LogP contribution in [0.25, 0.3) is 0 Å². The van der Waals surface area contributed by atoms with Crippen LogP contribution in [0.5, 0.6) is 0 Å². The third-order valence-corrected chi connectivity index (χ3v) is 20.1. The minimum Gasteiger partial charge on any atom is -0.290 e. The van der Waals surface area contributed by atoms with Gasteiger partial charge in [0.25, 0.3) is 0 Å². The molecule has 0 aliphatic rings. The minimum absolute atomic E-state index is 0.310. The lowest BCUT2D eigenvalue weighted by Crippen LogP contribution is -2.46. The fraction of sp³-hybridized carbons (Fsp3) is 0.833. The molecule has 0 atom stereocenters. The quantitative estimate of drug-likeness (QED) is 0.230. The maximum Gasteiger partial charge on any atom is 0.450 e. The van der Waals surface area contributed by atoms with Gasteiger partial charge in [0, 0.05) is 6.42 Å². The fourth-order valence-electron chi connectivity index (χ4n) is 0.620. The van der Waals surface area contributed by atoms with Crippen LogP contribution in [0, 0.1) is 0 Å². The maximum atomic E-state index is 12.3. The standard InChI is InChI=1S/C6H2F3I7O/c7-4(8,9)2(17)1-3(10,11)5(12,13)6(14,15)16/h1H2. The number of carbonyl (C=O) groups is 1. The van der Waals surface area contributed by atoms with Crippen molar-refractivity contribution in [1.29, 1.82) is 0 Å². The summed E-state index contributed by atoms with van der Waals surface area (Å²) in [6, 6.07) is 0. The summed E-state index contributed by atoms with van der Waals surface area (Å²) < 4.78 is 35.2. The van der Waals surface area contributed by atoms with Gasteiger partial charge in [-0.05, 0) is 0 Å². The van der Waals surface area contributed by atoms with E-state index in [9.17, 15) is 18.0 Å². The van der Waals surface area contributed by atoms with Crippen molar-refractivity contribution in [3.8, 4) is 0 Å². The topological polar surface area (TPSA) is 17.1 Å². The number of carbonyl (C=O) groups excluding carboxylic acids is 1. The van der Waals surface area contributed by atoms with E-state index in [0.29, 0.717) is 0 Å². The Morgan fingerprint density at radius 1 is 0.882 bits per heavy atom. The SMILES string of the molecule is O=C(CC(I)(I)C(I)(I)C(I)(I)I)C(F)(F)F. The molecule has 0 aromatic carbocycles. The average molecular weight is 1040 g/mol. The Hall–Kier alpha value is 4.57. The van der Waals surface area contributed by atoms with Crippen LogP contribution in [0.2, 0.25) is 0 Å². The first kappa shape index (κ1) is 21.6. The zero-order valence-electron chi connectivity index (χ0n) is 7.39. The van der Waals surface area contributed by atoms with Gasteiger partial charge in [-0.2, -0.15) is 13.2 Å². The molecule has 11 heteroatoms. The van der Waals surface area contributed by atoms with E-state index in [-0.39, 0.29) is -0.565 Å². The largest absolute Gasteiger partial charge is 0.450 e. The van der Waals surface area contributed by atoms with Gasteiger partial charge in [-0.3, -0.25) is 4.79 Å². The first-order valence-corrected chi connectivity index (χ1v) is 11.1. The Morgan fingerprint density at radius 2 is 1.24 bits per heavy atom. The molecular formula is C6H2F3I7O. The van der Waals surface area contributed by atoms with Gasteiger partial charge in [-0.1, -0.05) is 158 Å². The lowest BCUT2D eigenvalue weighted by molar-refractivity contribution is -0.171. The molecule has 0 saturated heterocycles. The van der Waals surface area contributed by atoms with Gasteiger partial charge in [-0.15, -0.1) is 0 Å². The van der Waals surface area contributed by atoms with E-state index < -0.39 is 21.2 Å². The van der Waals surface area contributed by atoms with Crippen molar-refractivity contribution in [2.75, 3.05) is 0 Å². The molecule has 0 spiro atoms. The van der Waals surface area contributed by atoms with Crippen molar-refractivity contribution < 1.29 is 18.0 Å². The summed E-state index contributed by atoms with van der Waals surface area (Å²) in [6.45, 7) is 0. The lowest BCUT2D eigenvalue weighted by atomic mass is 10.2. The highest BCUT2D eigenvalue weighted by molar-refractivity contribution is 14.3. The molecule has 0 radical (unpaired) electrons. The highest BCUT2D eigenvalue weighted by atomic mass is 127. The van der Waals surface area contributed by atoms with Crippen LogP contribution in [-0.2, 0) is 4.79 Å². The van der Waals surface area contributed by atoms with E-state index in [4.69, 9.17) is 0 Å². The van der Waals surface area contributed by atoms with Crippen molar-refractivity contribution in [2.24, 2.45) is 0 Å². The second-order valence-electron chi connectivity index (χ2n) is 2.87. The van der Waals surface area contributed by atoms with Crippen molar-refractivity contribution in [3.63, 3.8) is 0 Å². The molecule has 0 bridgehead atoms. The average Bonchev–Trinajstić information content (AvgIpc) is 1.98. The molecule has 0 N–H and O–H groups in total. The lowest BCUT2D eigenvalue weighted by Gasteiger charge is -2.40. The number of alkyl halides is 10. The fourth-order valence-corrected chi connectivity index (χ4v) is 6.98. The first-order chi connectivity index (χ1) is 7.13. The predicted molar refractivity (Wildman–Crippen MR) is 122 cm³/mol. The van der Waals surface area contributed by atoms with Gasteiger partial charge in [0.1, 0.15) is 2.29 Å². The van der Waals surface area contributed by atoms with Crippen molar-refractivity contribution in [1.82, 2.24) is 0 Å². The summed E-state index contributed by atoms with van der Waals surface area (Å²) in [7, 11) is 0. The second-order valence-corrected chi connectivity index (χ2v) is 25.0. The first-order valence-electron chi connectivity index (χ1n) is 3.55. The molecule has 0 saturated carbocycles.